The van der Waals surface area contributed by atoms with Crippen molar-refractivity contribution < 1.29 is 4.42 Å². The van der Waals surface area contributed by atoms with Crippen LogP contribution < -0.4 is 5.73 Å². The maximum absolute atomic E-state index is 6.21. The summed E-state index contributed by atoms with van der Waals surface area (Å²) < 4.78 is 5.62. The molecule has 1 heterocycles. The Labute approximate surface area is 125 Å². The van der Waals surface area contributed by atoms with Gasteiger partial charge in [-0.05, 0) is 50.2 Å². The first-order valence-corrected chi connectivity index (χ1v) is 7.10. The molecular formula is C16H21ClN2O. The molecular weight excluding hydrogens is 272 g/mol. The molecule has 0 radical (unpaired) electrons. The van der Waals surface area contributed by atoms with Crippen LogP contribution in [0.25, 0.3) is 0 Å². The molecule has 0 saturated heterocycles. The van der Waals surface area contributed by atoms with E-state index in [1.807, 2.05) is 45.2 Å². The van der Waals surface area contributed by atoms with Crippen LogP contribution in [0.2, 0.25) is 5.02 Å². The zero-order valence-electron chi connectivity index (χ0n) is 12.2. The van der Waals surface area contributed by atoms with E-state index in [1.54, 1.807) is 0 Å². The number of furan rings is 1. The zero-order chi connectivity index (χ0) is 14.7. The number of aryl methyl sites for hydroxylation is 2. The van der Waals surface area contributed by atoms with E-state index >= 15 is 0 Å². The quantitative estimate of drug-likeness (QED) is 0.914. The molecule has 0 aliphatic heterocycles. The van der Waals surface area contributed by atoms with Crippen molar-refractivity contribution in [3.05, 3.63) is 58.0 Å². The highest BCUT2D eigenvalue weighted by Crippen LogP contribution is 2.25. The molecule has 0 aliphatic rings. The van der Waals surface area contributed by atoms with Gasteiger partial charge in [0.15, 0.2) is 0 Å². The Kier molecular flexibility index (Phi) is 4.86. The van der Waals surface area contributed by atoms with Crippen LogP contribution in [0.3, 0.4) is 0 Å². The molecule has 2 aromatic rings. The number of halogens is 1. The molecule has 2 N–H and O–H groups in total. The normalized spacial score (nSPS) is 12.9. The van der Waals surface area contributed by atoms with Crippen LogP contribution in [-0.4, -0.2) is 18.5 Å². The molecule has 0 saturated carbocycles. The molecule has 0 amide bonds. The fraction of sp³-hybridized carbons (Fsp3) is 0.375. The maximum Gasteiger partial charge on any atom is 0.118 e. The summed E-state index contributed by atoms with van der Waals surface area (Å²) in [7, 11) is 2.04. The van der Waals surface area contributed by atoms with Gasteiger partial charge in [-0.1, -0.05) is 23.7 Å². The average molecular weight is 293 g/mol. The third-order valence-corrected chi connectivity index (χ3v) is 3.94. The van der Waals surface area contributed by atoms with Crippen LogP contribution in [0.15, 0.2) is 34.7 Å². The standard InChI is InChI=1S/C16H21ClN2O/c1-11-4-6-13(8-15(11)17)16(9-18)19(3)10-14-7-5-12(2)20-14/h4-8,16H,9-10,18H2,1-3H3. The monoisotopic (exact) mass is 292 g/mol. The Hall–Kier alpha value is -1.29. The molecule has 3 nitrogen and oxygen atoms in total. The van der Waals surface area contributed by atoms with Crippen molar-refractivity contribution in [1.29, 1.82) is 0 Å². The number of nitrogens with two attached hydrogens (primary N) is 1. The number of likely N-dealkylation sites (N-methyl/N-ethyl adjacent to an activating group) is 1. The SMILES string of the molecule is Cc1ccc(CN(C)C(CN)c2ccc(C)c(Cl)c2)o1. The highest BCUT2D eigenvalue weighted by Gasteiger charge is 2.17. The van der Waals surface area contributed by atoms with Crippen LogP contribution >= 0.6 is 11.6 Å². The Bertz CT molecular complexity index is 580. The lowest BCUT2D eigenvalue weighted by atomic mass is 10.0. The summed E-state index contributed by atoms with van der Waals surface area (Å²) in [6.07, 6.45) is 0. The van der Waals surface area contributed by atoms with Gasteiger partial charge in [0, 0.05) is 17.6 Å². The minimum Gasteiger partial charge on any atom is -0.465 e. The first-order valence-electron chi connectivity index (χ1n) is 6.73. The Morgan fingerprint density at radius 2 is 2.00 bits per heavy atom. The molecule has 20 heavy (non-hydrogen) atoms. The Morgan fingerprint density at radius 1 is 1.25 bits per heavy atom. The molecule has 1 aromatic heterocycles. The third-order valence-electron chi connectivity index (χ3n) is 3.54. The zero-order valence-corrected chi connectivity index (χ0v) is 12.9. The van der Waals surface area contributed by atoms with Crippen LogP contribution in [0, 0.1) is 13.8 Å². The number of hydrogen-bond acceptors (Lipinski definition) is 3. The molecule has 1 atom stereocenters. The van der Waals surface area contributed by atoms with Gasteiger partial charge >= 0.3 is 0 Å². The van der Waals surface area contributed by atoms with Crippen LogP contribution in [0.1, 0.15) is 28.7 Å². The van der Waals surface area contributed by atoms with Crippen molar-refractivity contribution in [2.75, 3.05) is 13.6 Å². The maximum atomic E-state index is 6.21. The second-order valence-corrected chi connectivity index (χ2v) is 5.59. The van der Waals surface area contributed by atoms with Crippen molar-refractivity contribution in [1.82, 2.24) is 4.90 Å². The lowest BCUT2D eigenvalue weighted by Crippen LogP contribution is -2.30. The summed E-state index contributed by atoms with van der Waals surface area (Å²) in [4.78, 5) is 2.18. The van der Waals surface area contributed by atoms with Gasteiger partial charge in [0.25, 0.3) is 0 Å². The van der Waals surface area contributed by atoms with Gasteiger partial charge in [-0.25, -0.2) is 0 Å². The van der Waals surface area contributed by atoms with Crippen molar-refractivity contribution in [3.8, 4) is 0 Å². The topological polar surface area (TPSA) is 42.4 Å². The van der Waals surface area contributed by atoms with Gasteiger partial charge in [0.2, 0.25) is 0 Å². The minimum absolute atomic E-state index is 0.124. The minimum atomic E-state index is 0.124. The molecule has 0 fully saturated rings. The summed E-state index contributed by atoms with van der Waals surface area (Å²) in [5.74, 6) is 1.87. The second kappa shape index (κ2) is 6.44. The van der Waals surface area contributed by atoms with Gasteiger partial charge < -0.3 is 10.2 Å². The number of hydrogen-bond donors (Lipinski definition) is 1. The van der Waals surface area contributed by atoms with E-state index in [1.165, 1.54) is 0 Å². The Balaban J connectivity index is 2.16. The van der Waals surface area contributed by atoms with Crippen molar-refractivity contribution in [2.45, 2.75) is 26.4 Å². The van der Waals surface area contributed by atoms with Gasteiger partial charge in [0.1, 0.15) is 11.5 Å². The third kappa shape index (κ3) is 3.42. The van der Waals surface area contributed by atoms with E-state index in [9.17, 15) is 0 Å². The molecule has 0 bridgehead atoms. The van der Waals surface area contributed by atoms with E-state index < -0.39 is 0 Å². The molecule has 4 heteroatoms. The highest BCUT2D eigenvalue weighted by atomic mass is 35.5. The number of nitrogens with zero attached hydrogens (tertiary/aromatic N) is 1. The van der Waals surface area contributed by atoms with Crippen molar-refractivity contribution in [2.24, 2.45) is 5.73 Å². The summed E-state index contributed by atoms with van der Waals surface area (Å²) in [5.41, 5.74) is 8.15. The summed E-state index contributed by atoms with van der Waals surface area (Å²) in [6.45, 7) is 5.21. The Morgan fingerprint density at radius 3 is 2.55 bits per heavy atom. The van der Waals surface area contributed by atoms with E-state index in [4.69, 9.17) is 21.8 Å². The van der Waals surface area contributed by atoms with Crippen LogP contribution in [0.4, 0.5) is 0 Å². The molecule has 1 aromatic carbocycles. The lowest BCUT2D eigenvalue weighted by Gasteiger charge is -2.27. The van der Waals surface area contributed by atoms with Crippen LogP contribution in [-0.2, 0) is 6.54 Å². The fourth-order valence-electron chi connectivity index (χ4n) is 2.31. The summed E-state index contributed by atoms with van der Waals surface area (Å²) in [6, 6.07) is 10.2. The first kappa shape index (κ1) is 15.1. The van der Waals surface area contributed by atoms with E-state index in [-0.39, 0.29) is 6.04 Å². The first-order chi connectivity index (χ1) is 9.51. The molecule has 0 spiro atoms. The lowest BCUT2D eigenvalue weighted by molar-refractivity contribution is 0.221. The van der Waals surface area contributed by atoms with Gasteiger partial charge in [-0.3, -0.25) is 4.90 Å². The predicted molar refractivity (Wildman–Crippen MR) is 82.9 cm³/mol. The van der Waals surface area contributed by atoms with Crippen molar-refractivity contribution in [3.63, 3.8) is 0 Å². The molecule has 2 rings (SSSR count). The predicted octanol–water partition coefficient (Wildman–Crippen LogP) is 3.68. The average Bonchev–Trinajstić information content (AvgIpc) is 2.80. The van der Waals surface area contributed by atoms with E-state index in [2.05, 4.69) is 11.0 Å². The van der Waals surface area contributed by atoms with E-state index in [0.717, 1.165) is 34.2 Å². The summed E-state index contributed by atoms with van der Waals surface area (Å²) >= 11 is 6.21. The van der Waals surface area contributed by atoms with Gasteiger partial charge in [-0.2, -0.15) is 0 Å². The molecule has 108 valence electrons. The largest absolute Gasteiger partial charge is 0.465 e. The van der Waals surface area contributed by atoms with Crippen molar-refractivity contribution >= 4 is 11.6 Å². The molecule has 0 aliphatic carbocycles. The number of rotatable bonds is 5. The fourth-order valence-corrected chi connectivity index (χ4v) is 2.50. The number of benzene rings is 1. The highest BCUT2D eigenvalue weighted by molar-refractivity contribution is 6.31. The smallest absolute Gasteiger partial charge is 0.118 e. The van der Waals surface area contributed by atoms with Gasteiger partial charge in [0.05, 0.1) is 6.54 Å². The van der Waals surface area contributed by atoms with E-state index in [0.29, 0.717) is 6.54 Å². The second-order valence-electron chi connectivity index (χ2n) is 5.19. The summed E-state index contributed by atoms with van der Waals surface area (Å²) in [5, 5.41) is 0.781. The van der Waals surface area contributed by atoms with Crippen LogP contribution in [0.5, 0.6) is 0 Å². The molecule has 1 unspecified atom stereocenters. The van der Waals surface area contributed by atoms with Gasteiger partial charge in [-0.15, -0.1) is 0 Å².